The quantitative estimate of drug-likeness (QED) is 0.519. The Morgan fingerprint density at radius 2 is 1.79 bits per heavy atom. The van der Waals surface area contributed by atoms with Gasteiger partial charge in [0, 0.05) is 11.6 Å². The summed E-state index contributed by atoms with van der Waals surface area (Å²) >= 11 is 0. The first-order chi connectivity index (χ1) is 16.4. The number of carbonyl (C=O) groups is 2. The van der Waals surface area contributed by atoms with Crippen molar-refractivity contribution < 1.29 is 14.7 Å². The van der Waals surface area contributed by atoms with Gasteiger partial charge in [0.2, 0.25) is 11.8 Å². The highest BCUT2D eigenvalue weighted by Gasteiger charge is 2.34. The summed E-state index contributed by atoms with van der Waals surface area (Å²) in [7, 11) is 0. The Balaban J connectivity index is 1.50. The minimum absolute atomic E-state index is 0.0575. The fourth-order valence-corrected chi connectivity index (χ4v) is 5.53. The van der Waals surface area contributed by atoms with Crippen LogP contribution in [0, 0.1) is 18.8 Å². The Hall–Kier alpha value is -2.70. The second-order valence-corrected chi connectivity index (χ2v) is 9.96. The predicted octanol–water partition coefficient (Wildman–Crippen LogP) is 3.82. The number of amides is 2. The minimum Gasteiger partial charge on any atom is -0.379 e. The lowest BCUT2D eigenvalue weighted by atomic mass is 9.78. The standard InChI is InChI=1S/C28H37N3O3/c1-19-11-13-20(14-12-19)18-31-25-10-6-5-9-22(25)15-16-24(28(31)34)30-26(32)17-23(27(29)33)21-7-3-2-4-8-21/h5-6,9-14,21,23-24,26,30,32H,2-4,7-8,15-18H2,1H3,(H2,29,33)/t23?,24-,26-/m0/s1. The molecular formula is C28H37N3O3. The van der Waals surface area contributed by atoms with Crippen molar-refractivity contribution >= 4 is 17.5 Å². The van der Waals surface area contributed by atoms with E-state index in [1.165, 1.54) is 12.0 Å². The van der Waals surface area contributed by atoms with E-state index in [4.69, 9.17) is 5.73 Å². The molecule has 0 spiro atoms. The molecule has 2 aliphatic rings. The fraction of sp³-hybridized carbons (Fsp3) is 0.500. The van der Waals surface area contributed by atoms with Crippen molar-refractivity contribution in [3.05, 3.63) is 65.2 Å². The molecule has 0 bridgehead atoms. The molecule has 2 amide bonds. The van der Waals surface area contributed by atoms with Gasteiger partial charge in [0.1, 0.15) is 6.23 Å². The average Bonchev–Trinajstić information content (AvgIpc) is 2.96. The number of nitrogens with zero attached hydrogens (tertiary/aromatic N) is 1. The van der Waals surface area contributed by atoms with Gasteiger partial charge in [-0.15, -0.1) is 0 Å². The van der Waals surface area contributed by atoms with Crippen LogP contribution in [-0.2, 0) is 22.6 Å². The summed E-state index contributed by atoms with van der Waals surface area (Å²) in [5, 5.41) is 14.0. The lowest BCUT2D eigenvalue weighted by Gasteiger charge is -2.31. The van der Waals surface area contributed by atoms with E-state index in [2.05, 4.69) is 35.6 Å². The summed E-state index contributed by atoms with van der Waals surface area (Å²) < 4.78 is 0. The van der Waals surface area contributed by atoms with Gasteiger partial charge in [0.05, 0.1) is 12.6 Å². The van der Waals surface area contributed by atoms with Crippen LogP contribution in [0.25, 0.3) is 0 Å². The molecule has 0 saturated heterocycles. The van der Waals surface area contributed by atoms with Gasteiger partial charge in [-0.25, -0.2) is 0 Å². The number of carbonyl (C=O) groups excluding carboxylic acids is 2. The van der Waals surface area contributed by atoms with Gasteiger partial charge in [-0.2, -0.15) is 0 Å². The Kier molecular flexibility index (Phi) is 8.01. The van der Waals surface area contributed by atoms with E-state index in [1.807, 2.05) is 30.0 Å². The Bertz CT molecular complexity index is 985. The number of hydrogen-bond donors (Lipinski definition) is 3. The van der Waals surface area contributed by atoms with Crippen LogP contribution in [0.1, 0.15) is 61.6 Å². The molecule has 0 aromatic heterocycles. The second kappa shape index (κ2) is 11.2. The predicted molar refractivity (Wildman–Crippen MR) is 134 cm³/mol. The highest BCUT2D eigenvalue weighted by Crippen LogP contribution is 2.33. The second-order valence-electron chi connectivity index (χ2n) is 9.96. The molecule has 2 aromatic rings. The summed E-state index contributed by atoms with van der Waals surface area (Å²) in [6.45, 7) is 2.51. The number of hydrogen-bond acceptors (Lipinski definition) is 4. The molecule has 1 heterocycles. The zero-order chi connectivity index (χ0) is 24.1. The first-order valence-electron chi connectivity index (χ1n) is 12.6. The fourth-order valence-electron chi connectivity index (χ4n) is 5.53. The van der Waals surface area contributed by atoms with Crippen LogP contribution in [0.3, 0.4) is 0 Å². The number of aliphatic hydroxyl groups excluding tert-OH is 1. The number of rotatable bonds is 8. The van der Waals surface area contributed by atoms with Gasteiger partial charge in [0.25, 0.3) is 0 Å². The summed E-state index contributed by atoms with van der Waals surface area (Å²) in [6.07, 6.45) is 5.95. The molecule has 4 rings (SSSR count). The molecule has 1 aliphatic heterocycles. The van der Waals surface area contributed by atoms with Crippen LogP contribution in [0.5, 0.6) is 0 Å². The minimum atomic E-state index is -0.962. The van der Waals surface area contributed by atoms with E-state index >= 15 is 0 Å². The van der Waals surface area contributed by atoms with Crippen molar-refractivity contribution in [3.8, 4) is 0 Å². The topological polar surface area (TPSA) is 95.7 Å². The van der Waals surface area contributed by atoms with Crippen LogP contribution in [0.4, 0.5) is 5.69 Å². The molecule has 4 N–H and O–H groups in total. The summed E-state index contributed by atoms with van der Waals surface area (Å²) in [5.74, 6) is -0.564. The molecule has 34 heavy (non-hydrogen) atoms. The number of benzene rings is 2. The van der Waals surface area contributed by atoms with Crippen molar-refractivity contribution in [2.24, 2.45) is 17.6 Å². The van der Waals surface area contributed by atoms with Gasteiger partial charge in [-0.1, -0.05) is 67.3 Å². The van der Waals surface area contributed by atoms with E-state index in [9.17, 15) is 14.7 Å². The number of nitrogens with one attached hydrogen (secondary N) is 1. The molecule has 0 radical (unpaired) electrons. The molecule has 1 fully saturated rings. The zero-order valence-electron chi connectivity index (χ0n) is 20.1. The third-order valence-corrected chi connectivity index (χ3v) is 7.47. The molecule has 1 saturated carbocycles. The van der Waals surface area contributed by atoms with E-state index in [0.29, 0.717) is 13.0 Å². The number of aliphatic hydroxyl groups is 1. The largest absolute Gasteiger partial charge is 0.379 e. The number of anilines is 1. The van der Waals surface area contributed by atoms with Gasteiger partial charge in [0.15, 0.2) is 0 Å². The monoisotopic (exact) mass is 463 g/mol. The maximum atomic E-state index is 13.7. The third kappa shape index (κ3) is 5.86. The summed E-state index contributed by atoms with van der Waals surface area (Å²) in [5.41, 5.74) is 10.0. The first-order valence-corrected chi connectivity index (χ1v) is 12.6. The average molecular weight is 464 g/mol. The summed E-state index contributed by atoms with van der Waals surface area (Å²) in [6, 6.07) is 15.7. The van der Waals surface area contributed by atoms with Crippen LogP contribution < -0.4 is 16.0 Å². The highest BCUT2D eigenvalue weighted by molar-refractivity contribution is 5.98. The highest BCUT2D eigenvalue weighted by atomic mass is 16.3. The first kappa shape index (κ1) is 24.4. The van der Waals surface area contributed by atoms with Crippen molar-refractivity contribution in [2.75, 3.05) is 4.90 Å². The summed E-state index contributed by atoms with van der Waals surface area (Å²) in [4.78, 5) is 27.7. The van der Waals surface area contributed by atoms with E-state index < -0.39 is 12.3 Å². The third-order valence-electron chi connectivity index (χ3n) is 7.47. The van der Waals surface area contributed by atoms with E-state index in [1.54, 1.807) is 0 Å². The van der Waals surface area contributed by atoms with E-state index in [-0.39, 0.29) is 30.1 Å². The van der Waals surface area contributed by atoms with Gasteiger partial charge in [-0.05, 0) is 62.1 Å². The molecule has 1 aliphatic carbocycles. The number of fused-ring (bicyclic) bond motifs is 1. The molecule has 1 unspecified atom stereocenters. The van der Waals surface area contributed by atoms with Gasteiger partial charge in [-0.3, -0.25) is 14.9 Å². The lowest BCUT2D eigenvalue weighted by Crippen LogP contribution is -2.50. The number of nitrogens with two attached hydrogens (primary N) is 1. The Labute approximate surface area is 202 Å². The maximum Gasteiger partial charge on any atom is 0.244 e. The number of para-hydroxylation sites is 1. The molecule has 2 aromatic carbocycles. The van der Waals surface area contributed by atoms with Crippen molar-refractivity contribution in [1.29, 1.82) is 0 Å². The number of aryl methyl sites for hydroxylation is 2. The van der Waals surface area contributed by atoms with Crippen LogP contribution in [-0.4, -0.2) is 29.2 Å². The van der Waals surface area contributed by atoms with Crippen molar-refractivity contribution in [1.82, 2.24) is 5.32 Å². The molecule has 3 atom stereocenters. The van der Waals surface area contributed by atoms with Crippen LogP contribution in [0.2, 0.25) is 0 Å². The molecular weight excluding hydrogens is 426 g/mol. The van der Waals surface area contributed by atoms with Gasteiger partial charge < -0.3 is 15.7 Å². The SMILES string of the molecule is Cc1ccc(CN2C(=O)[C@@H](N[C@@H](O)CC(C(N)=O)C3CCCCC3)CCc3ccccc32)cc1. The Morgan fingerprint density at radius 3 is 2.50 bits per heavy atom. The molecule has 6 heteroatoms. The lowest BCUT2D eigenvalue weighted by molar-refractivity contribution is -0.125. The maximum absolute atomic E-state index is 13.7. The van der Waals surface area contributed by atoms with Crippen molar-refractivity contribution in [3.63, 3.8) is 0 Å². The van der Waals surface area contributed by atoms with E-state index in [0.717, 1.165) is 48.9 Å². The molecule has 6 nitrogen and oxygen atoms in total. The zero-order valence-corrected chi connectivity index (χ0v) is 20.1. The Morgan fingerprint density at radius 1 is 1.09 bits per heavy atom. The van der Waals surface area contributed by atoms with Gasteiger partial charge >= 0.3 is 0 Å². The van der Waals surface area contributed by atoms with Crippen LogP contribution >= 0.6 is 0 Å². The normalized spacial score (nSPS) is 20.9. The van der Waals surface area contributed by atoms with Crippen molar-refractivity contribution in [2.45, 2.75) is 77.1 Å². The molecule has 182 valence electrons. The smallest absolute Gasteiger partial charge is 0.244 e. The van der Waals surface area contributed by atoms with Crippen LogP contribution in [0.15, 0.2) is 48.5 Å². The number of primary amides is 1.